The summed E-state index contributed by atoms with van der Waals surface area (Å²) in [6.45, 7) is 10.3. The van der Waals surface area contributed by atoms with Gasteiger partial charge in [0.2, 0.25) is 0 Å². The minimum atomic E-state index is -0.202. The molecule has 0 radical (unpaired) electrons. The first kappa shape index (κ1) is 20.1. The standard InChI is InChI=1S/C21H26N4O2S/c1-12-10-16-19(28-20(23-16)25-22)13(2)18(12)24-17(26)11-27-15-8-6-14(7-9-15)21(3,4)5/h6-10H,11,22H2,1-5H3,(H,23,25)(H,24,26). The Balaban J connectivity index is 1.69. The van der Waals surface area contributed by atoms with Crippen LogP contribution in [0, 0.1) is 13.8 Å². The van der Waals surface area contributed by atoms with Crippen molar-refractivity contribution in [1.29, 1.82) is 0 Å². The quantitative estimate of drug-likeness (QED) is 0.434. The zero-order chi connectivity index (χ0) is 20.5. The average Bonchev–Trinajstić information content (AvgIpc) is 3.06. The number of hydrogen-bond donors (Lipinski definition) is 3. The molecular weight excluding hydrogens is 372 g/mol. The Morgan fingerprint density at radius 2 is 1.89 bits per heavy atom. The molecule has 3 rings (SSSR count). The minimum absolute atomic E-state index is 0.0515. The molecule has 0 aliphatic rings. The summed E-state index contributed by atoms with van der Waals surface area (Å²) in [6.07, 6.45) is 0. The largest absolute Gasteiger partial charge is 0.484 e. The Bertz CT molecular complexity index is 1000. The second kappa shape index (κ2) is 7.77. The number of thiazole rings is 1. The molecule has 0 unspecified atom stereocenters. The van der Waals surface area contributed by atoms with Gasteiger partial charge >= 0.3 is 0 Å². The van der Waals surface area contributed by atoms with E-state index in [1.54, 1.807) is 0 Å². The Kier molecular flexibility index (Phi) is 5.58. The second-order valence-electron chi connectivity index (χ2n) is 7.82. The van der Waals surface area contributed by atoms with Gasteiger partial charge in [-0.2, -0.15) is 0 Å². The van der Waals surface area contributed by atoms with Gasteiger partial charge in [0.05, 0.1) is 10.2 Å². The highest BCUT2D eigenvalue weighted by atomic mass is 32.1. The fraction of sp³-hybridized carbons (Fsp3) is 0.333. The molecule has 0 aliphatic carbocycles. The molecule has 0 atom stereocenters. The van der Waals surface area contributed by atoms with E-state index in [0.717, 1.165) is 27.0 Å². The van der Waals surface area contributed by atoms with Crippen LogP contribution < -0.4 is 21.3 Å². The Morgan fingerprint density at radius 1 is 1.21 bits per heavy atom. The molecule has 6 nitrogen and oxygen atoms in total. The van der Waals surface area contributed by atoms with Gasteiger partial charge in [-0.05, 0) is 54.2 Å². The van der Waals surface area contributed by atoms with E-state index in [1.165, 1.54) is 16.9 Å². The molecule has 1 aromatic heterocycles. The lowest BCUT2D eigenvalue weighted by atomic mass is 9.87. The number of fused-ring (bicyclic) bond motifs is 1. The fourth-order valence-corrected chi connectivity index (χ4v) is 3.88. The van der Waals surface area contributed by atoms with Gasteiger partial charge in [0.15, 0.2) is 11.7 Å². The average molecular weight is 399 g/mol. The van der Waals surface area contributed by atoms with Crippen molar-refractivity contribution in [2.75, 3.05) is 17.3 Å². The van der Waals surface area contributed by atoms with Crippen molar-refractivity contribution in [3.05, 3.63) is 47.0 Å². The third-order valence-electron chi connectivity index (χ3n) is 4.59. The van der Waals surface area contributed by atoms with Crippen LogP contribution in [0.4, 0.5) is 10.8 Å². The molecule has 0 saturated carbocycles. The van der Waals surface area contributed by atoms with E-state index in [4.69, 9.17) is 10.6 Å². The number of aromatic nitrogens is 1. The minimum Gasteiger partial charge on any atom is -0.484 e. The first-order valence-corrected chi connectivity index (χ1v) is 9.91. The smallest absolute Gasteiger partial charge is 0.262 e. The van der Waals surface area contributed by atoms with Gasteiger partial charge in [0.1, 0.15) is 5.75 Å². The third kappa shape index (κ3) is 4.26. The maximum absolute atomic E-state index is 12.4. The number of nitrogens with one attached hydrogen (secondary N) is 2. The maximum Gasteiger partial charge on any atom is 0.262 e. The van der Waals surface area contributed by atoms with Gasteiger partial charge in [-0.3, -0.25) is 10.2 Å². The zero-order valence-electron chi connectivity index (χ0n) is 16.8. The number of nitrogens with zero attached hydrogens (tertiary/aromatic N) is 1. The highest BCUT2D eigenvalue weighted by Crippen LogP contribution is 2.34. The van der Waals surface area contributed by atoms with Gasteiger partial charge in [-0.15, -0.1) is 0 Å². The molecule has 148 valence electrons. The lowest BCUT2D eigenvalue weighted by molar-refractivity contribution is -0.118. The summed E-state index contributed by atoms with van der Waals surface area (Å²) < 4.78 is 6.64. The first-order chi connectivity index (χ1) is 13.2. The number of hydrazine groups is 1. The van der Waals surface area contributed by atoms with E-state index < -0.39 is 0 Å². The SMILES string of the molecule is Cc1cc2nc(NN)sc2c(C)c1NC(=O)COc1ccc(C(C)(C)C)cc1. The van der Waals surface area contributed by atoms with Crippen LogP contribution in [0.3, 0.4) is 0 Å². The fourth-order valence-electron chi connectivity index (χ4n) is 3.01. The highest BCUT2D eigenvalue weighted by molar-refractivity contribution is 7.22. The van der Waals surface area contributed by atoms with Crippen molar-refractivity contribution in [2.45, 2.75) is 40.0 Å². The lowest BCUT2D eigenvalue weighted by Gasteiger charge is -2.19. The van der Waals surface area contributed by atoms with E-state index in [2.05, 4.69) is 36.5 Å². The number of amides is 1. The summed E-state index contributed by atoms with van der Waals surface area (Å²) in [6, 6.07) is 9.80. The van der Waals surface area contributed by atoms with Crippen LogP contribution in [0.1, 0.15) is 37.5 Å². The number of carbonyl (C=O) groups excluding carboxylic acids is 1. The summed E-state index contributed by atoms with van der Waals surface area (Å²) in [4.78, 5) is 16.9. The normalized spacial score (nSPS) is 11.5. The number of hydrogen-bond acceptors (Lipinski definition) is 6. The van der Waals surface area contributed by atoms with Crippen molar-refractivity contribution in [3.8, 4) is 5.75 Å². The van der Waals surface area contributed by atoms with Crippen molar-refractivity contribution < 1.29 is 9.53 Å². The van der Waals surface area contributed by atoms with Gasteiger partial charge in [-0.25, -0.2) is 10.8 Å². The Hall–Kier alpha value is -2.64. The molecule has 2 aromatic carbocycles. The van der Waals surface area contributed by atoms with E-state index in [1.807, 2.05) is 44.2 Å². The van der Waals surface area contributed by atoms with Crippen molar-refractivity contribution >= 4 is 38.3 Å². The Labute approximate surface area is 169 Å². The van der Waals surface area contributed by atoms with Crippen LogP contribution in [0.5, 0.6) is 5.75 Å². The maximum atomic E-state index is 12.4. The highest BCUT2D eigenvalue weighted by Gasteiger charge is 2.15. The number of rotatable bonds is 5. The van der Waals surface area contributed by atoms with Gasteiger partial charge in [-0.1, -0.05) is 44.2 Å². The third-order valence-corrected chi connectivity index (χ3v) is 5.72. The van der Waals surface area contributed by atoms with Crippen molar-refractivity contribution in [2.24, 2.45) is 5.84 Å². The monoisotopic (exact) mass is 398 g/mol. The number of carbonyl (C=O) groups is 1. The number of anilines is 2. The van der Waals surface area contributed by atoms with E-state index in [0.29, 0.717) is 10.9 Å². The van der Waals surface area contributed by atoms with Gasteiger partial charge in [0.25, 0.3) is 5.91 Å². The van der Waals surface area contributed by atoms with Crippen LogP contribution in [0.2, 0.25) is 0 Å². The molecule has 0 bridgehead atoms. The Morgan fingerprint density at radius 3 is 2.50 bits per heavy atom. The van der Waals surface area contributed by atoms with Gasteiger partial charge in [0, 0.05) is 5.69 Å². The predicted octanol–water partition coefficient (Wildman–Crippen LogP) is 4.51. The van der Waals surface area contributed by atoms with Crippen LogP contribution in [0.15, 0.2) is 30.3 Å². The predicted molar refractivity (Wildman–Crippen MR) is 116 cm³/mol. The summed E-state index contributed by atoms with van der Waals surface area (Å²) in [5.74, 6) is 5.93. The van der Waals surface area contributed by atoms with Crippen LogP contribution in [-0.2, 0) is 10.2 Å². The molecule has 0 saturated heterocycles. The molecular formula is C21H26N4O2S. The van der Waals surface area contributed by atoms with E-state index >= 15 is 0 Å². The molecule has 3 aromatic rings. The van der Waals surface area contributed by atoms with Crippen LogP contribution >= 0.6 is 11.3 Å². The summed E-state index contributed by atoms with van der Waals surface area (Å²) in [5.41, 5.74) is 7.45. The topological polar surface area (TPSA) is 89.3 Å². The zero-order valence-corrected chi connectivity index (χ0v) is 17.7. The summed E-state index contributed by atoms with van der Waals surface area (Å²) >= 11 is 1.46. The van der Waals surface area contributed by atoms with Gasteiger partial charge < -0.3 is 10.1 Å². The molecule has 0 spiro atoms. The van der Waals surface area contributed by atoms with Crippen molar-refractivity contribution in [1.82, 2.24) is 4.98 Å². The number of aryl methyl sites for hydroxylation is 2. The molecule has 1 heterocycles. The number of nitrogen functional groups attached to an aromatic ring is 1. The number of benzene rings is 2. The second-order valence-corrected chi connectivity index (χ2v) is 8.82. The summed E-state index contributed by atoms with van der Waals surface area (Å²) in [7, 11) is 0. The molecule has 1 amide bonds. The van der Waals surface area contributed by atoms with E-state index in [-0.39, 0.29) is 17.9 Å². The molecule has 0 fully saturated rings. The summed E-state index contributed by atoms with van der Waals surface area (Å²) in [5, 5.41) is 3.61. The lowest BCUT2D eigenvalue weighted by Crippen LogP contribution is -2.21. The van der Waals surface area contributed by atoms with Crippen LogP contribution in [-0.4, -0.2) is 17.5 Å². The van der Waals surface area contributed by atoms with E-state index in [9.17, 15) is 4.79 Å². The molecule has 0 aliphatic heterocycles. The first-order valence-electron chi connectivity index (χ1n) is 9.09. The molecule has 28 heavy (non-hydrogen) atoms. The molecule has 4 N–H and O–H groups in total. The molecule has 7 heteroatoms. The number of nitrogens with two attached hydrogens (primary N) is 1. The number of ether oxygens (including phenoxy) is 1. The van der Waals surface area contributed by atoms with Crippen molar-refractivity contribution in [3.63, 3.8) is 0 Å². The van der Waals surface area contributed by atoms with Crippen LogP contribution in [0.25, 0.3) is 10.2 Å².